The zero-order chi connectivity index (χ0) is 20.9. The molecule has 0 saturated carbocycles. The van der Waals surface area contributed by atoms with E-state index in [9.17, 15) is 4.79 Å². The normalized spacial score (nSPS) is 16.0. The van der Waals surface area contributed by atoms with Gasteiger partial charge in [-0.3, -0.25) is 4.79 Å². The van der Waals surface area contributed by atoms with E-state index in [0.717, 1.165) is 43.5 Å². The number of aryl methyl sites for hydroxylation is 1. The van der Waals surface area contributed by atoms with Crippen molar-refractivity contribution < 1.29 is 19.0 Å². The van der Waals surface area contributed by atoms with Gasteiger partial charge in [0.15, 0.2) is 5.96 Å². The molecule has 2 rings (SSSR count). The summed E-state index contributed by atoms with van der Waals surface area (Å²) in [4.78, 5) is 16.1. The molecule has 0 spiro atoms. The van der Waals surface area contributed by atoms with E-state index in [4.69, 9.17) is 14.2 Å². The number of rotatable bonds is 11. The Labute approximate surface area is 197 Å². The van der Waals surface area contributed by atoms with Gasteiger partial charge in [0.05, 0.1) is 26.4 Å². The quantitative estimate of drug-likeness (QED) is 0.149. The Morgan fingerprint density at radius 3 is 2.83 bits per heavy atom. The average Bonchev–Trinajstić information content (AvgIpc) is 3.22. The Bertz CT molecular complexity index is 664. The predicted molar refractivity (Wildman–Crippen MR) is 130 cm³/mol. The first-order valence-corrected chi connectivity index (χ1v) is 10.6. The molecule has 7 nitrogen and oxygen atoms in total. The van der Waals surface area contributed by atoms with Crippen molar-refractivity contribution in [2.75, 3.05) is 39.5 Å². The van der Waals surface area contributed by atoms with E-state index in [1.807, 2.05) is 13.8 Å². The third kappa shape index (κ3) is 9.97. The number of carbonyl (C=O) groups excluding carboxylic acids is 1. The van der Waals surface area contributed by atoms with Crippen LogP contribution in [0.4, 0.5) is 0 Å². The van der Waals surface area contributed by atoms with Crippen LogP contribution < -0.4 is 15.4 Å². The molecule has 0 amide bonds. The van der Waals surface area contributed by atoms with E-state index in [0.29, 0.717) is 45.1 Å². The molecule has 170 valence electrons. The van der Waals surface area contributed by atoms with Crippen molar-refractivity contribution in [2.45, 2.75) is 46.6 Å². The molecular formula is C22H36IN3O4. The predicted octanol–water partition coefficient (Wildman–Crippen LogP) is 3.43. The Morgan fingerprint density at radius 1 is 1.30 bits per heavy atom. The van der Waals surface area contributed by atoms with E-state index in [1.54, 1.807) is 0 Å². The molecule has 1 aliphatic heterocycles. The molecule has 30 heavy (non-hydrogen) atoms. The molecule has 0 bridgehead atoms. The van der Waals surface area contributed by atoms with Gasteiger partial charge in [0.2, 0.25) is 0 Å². The number of guanidine groups is 1. The van der Waals surface area contributed by atoms with E-state index < -0.39 is 0 Å². The van der Waals surface area contributed by atoms with Gasteiger partial charge >= 0.3 is 5.97 Å². The molecule has 8 heteroatoms. The largest absolute Gasteiger partial charge is 0.493 e. The van der Waals surface area contributed by atoms with E-state index >= 15 is 0 Å². The molecule has 1 unspecified atom stereocenters. The van der Waals surface area contributed by atoms with Crippen LogP contribution in [0, 0.1) is 12.8 Å². The Kier molecular flexibility index (Phi) is 13.5. The zero-order valence-corrected chi connectivity index (χ0v) is 20.7. The van der Waals surface area contributed by atoms with E-state index in [2.05, 4.69) is 40.7 Å². The smallest absolute Gasteiger partial charge is 0.305 e. The number of nitrogens with zero attached hydrogens (tertiary/aromatic N) is 1. The van der Waals surface area contributed by atoms with Crippen LogP contribution in [-0.4, -0.2) is 51.4 Å². The van der Waals surface area contributed by atoms with Gasteiger partial charge in [-0.2, -0.15) is 0 Å². The molecule has 1 aliphatic rings. The second-order valence-corrected chi connectivity index (χ2v) is 7.18. The highest BCUT2D eigenvalue weighted by molar-refractivity contribution is 14.0. The van der Waals surface area contributed by atoms with Crippen molar-refractivity contribution in [1.82, 2.24) is 10.6 Å². The molecule has 1 heterocycles. The second-order valence-electron chi connectivity index (χ2n) is 7.18. The lowest BCUT2D eigenvalue weighted by molar-refractivity contribution is -0.143. The number of ether oxygens (including phenoxy) is 3. The minimum absolute atomic E-state index is 0. The first-order chi connectivity index (χ1) is 14.1. The number of carbonyl (C=O) groups is 1. The summed E-state index contributed by atoms with van der Waals surface area (Å²) in [7, 11) is 0. The summed E-state index contributed by atoms with van der Waals surface area (Å²) in [5, 5.41) is 6.51. The summed E-state index contributed by atoms with van der Waals surface area (Å²) in [5.74, 6) is 1.92. The fourth-order valence-corrected chi connectivity index (χ4v) is 3.03. The summed E-state index contributed by atoms with van der Waals surface area (Å²) in [5.41, 5.74) is 2.22. The molecule has 1 fully saturated rings. The Hall–Kier alpha value is -1.55. The van der Waals surface area contributed by atoms with Gasteiger partial charge in [0.25, 0.3) is 0 Å². The third-order valence-electron chi connectivity index (χ3n) is 4.63. The van der Waals surface area contributed by atoms with Crippen LogP contribution in [0.15, 0.2) is 23.2 Å². The number of benzene rings is 1. The zero-order valence-electron chi connectivity index (χ0n) is 18.4. The molecule has 1 saturated heterocycles. The Morgan fingerprint density at radius 2 is 2.13 bits per heavy atom. The molecular weight excluding hydrogens is 497 g/mol. The highest BCUT2D eigenvalue weighted by Gasteiger charge is 2.17. The molecule has 0 aliphatic carbocycles. The number of esters is 1. The molecule has 1 aromatic carbocycles. The van der Waals surface area contributed by atoms with Crippen LogP contribution in [0.1, 0.15) is 44.2 Å². The monoisotopic (exact) mass is 533 g/mol. The first kappa shape index (κ1) is 26.5. The van der Waals surface area contributed by atoms with Crippen molar-refractivity contribution in [3.05, 3.63) is 29.3 Å². The number of halogens is 1. The lowest BCUT2D eigenvalue weighted by atomic mass is 10.1. The van der Waals surface area contributed by atoms with Crippen LogP contribution >= 0.6 is 24.0 Å². The van der Waals surface area contributed by atoms with Crippen molar-refractivity contribution in [1.29, 1.82) is 0 Å². The topological polar surface area (TPSA) is 81.2 Å². The Balaban J connectivity index is 0.00000450. The summed E-state index contributed by atoms with van der Waals surface area (Å²) in [6.45, 7) is 10.5. The van der Waals surface area contributed by atoms with E-state index in [-0.39, 0.29) is 29.9 Å². The van der Waals surface area contributed by atoms with Crippen LogP contribution in [0.25, 0.3) is 0 Å². The number of hydrogen-bond donors (Lipinski definition) is 2. The number of nitrogens with one attached hydrogen (secondary N) is 2. The van der Waals surface area contributed by atoms with Gasteiger partial charge in [-0.15, -0.1) is 24.0 Å². The highest BCUT2D eigenvalue weighted by atomic mass is 127. The van der Waals surface area contributed by atoms with Crippen LogP contribution in [0.3, 0.4) is 0 Å². The van der Waals surface area contributed by atoms with E-state index in [1.165, 1.54) is 5.56 Å². The van der Waals surface area contributed by atoms with Crippen molar-refractivity contribution in [3.63, 3.8) is 0 Å². The highest BCUT2D eigenvalue weighted by Crippen LogP contribution is 2.23. The SMILES string of the molecule is CCNC(=NCc1ccc(C)cc1OCC1CCOC1)NCCCC(=O)OCC.I. The molecule has 1 atom stereocenters. The van der Waals surface area contributed by atoms with Crippen LogP contribution in [0.5, 0.6) is 5.75 Å². The summed E-state index contributed by atoms with van der Waals surface area (Å²) in [6.07, 6.45) is 2.16. The molecule has 2 N–H and O–H groups in total. The standard InChI is InChI=1S/C22H35N3O4.HI/c1-4-23-22(24-11-6-7-21(26)28-5-2)25-14-19-9-8-17(3)13-20(19)29-16-18-10-12-27-15-18;/h8-9,13,18H,4-7,10-12,14-16H2,1-3H3,(H2,23,24,25);1H. The maximum absolute atomic E-state index is 11.4. The van der Waals surface area contributed by atoms with Crippen LogP contribution in [-0.2, 0) is 20.8 Å². The van der Waals surface area contributed by atoms with Crippen molar-refractivity contribution in [3.8, 4) is 5.75 Å². The lowest BCUT2D eigenvalue weighted by Crippen LogP contribution is -2.37. The number of hydrogen-bond acceptors (Lipinski definition) is 5. The summed E-state index contributed by atoms with van der Waals surface area (Å²) in [6, 6.07) is 6.22. The number of aliphatic imine (C=N–C) groups is 1. The van der Waals surface area contributed by atoms with Gasteiger partial charge in [-0.25, -0.2) is 4.99 Å². The fourth-order valence-electron chi connectivity index (χ4n) is 3.03. The average molecular weight is 533 g/mol. The lowest BCUT2D eigenvalue weighted by Gasteiger charge is -2.15. The summed E-state index contributed by atoms with van der Waals surface area (Å²) >= 11 is 0. The molecule has 0 aromatic heterocycles. The maximum atomic E-state index is 11.4. The molecule has 0 radical (unpaired) electrons. The minimum atomic E-state index is -0.162. The van der Waals surface area contributed by atoms with Gasteiger partial charge in [-0.1, -0.05) is 12.1 Å². The maximum Gasteiger partial charge on any atom is 0.305 e. The van der Waals surface area contributed by atoms with Gasteiger partial charge in [0.1, 0.15) is 5.75 Å². The first-order valence-electron chi connectivity index (χ1n) is 10.6. The van der Waals surface area contributed by atoms with Gasteiger partial charge in [-0.05, 0) is 45.2 Å². The molecule has 1 aromatic rings. The van der Waals surface area contributed by atoms with Crippen LogP contribution in [0.2, 0.25) is 0 Å². The summed E-state index contributed by atoms with van der Waals surface area (Å²) < 4.78 is 16.5. The van der Waals surface area contributed by atoms with Gasteiger partial charge < -0.3 is 24.8 Å². The third-order valence-corrected chi connectivity index (χ3v) is 4.63. The fraction of sp³-hybridized carbons (Fsp3) is 0.636. The minimum Gasteiger partial charge on any atom is -0.493 e. The second kappa shape index (κ2) is 15.3. The van der Waals surface area contributed by atoms with Crippen molar-refractivity contribution in [2.24, 2.45) is 10.9 Å². The van der Waals surface area contributed by atoms with Crippen molar-refractivity contribution >= 4 is 35.9 Å². The van der Waals surface area contributed by atoms with Gasteiger partial charge in [0, 0.05) is 37.6 Å².